The molecule has 2 atom stereocenters. The van der Waals surface area contributed by atoms with E-state index in [1.807, 2.05) is 6.92 Å². The Kier molecular flexibility index (Phi) is 5.11. The number of ketones is 1. The highest BCUT2D eigenvalue weighted by Gasteiger charge is 2.43. The lowest BCUT2D eigenvalue weighted by Crippen LogP contribution is -2.36. The summed E-state index contributed by atoms with van der Waals surface area (Å²) in [4.78, 5) is 29.7. The number of allylic oxidation sites excluding steroid dienone is 2. The van der Waals surface area contributed by atoms with Crippen LogP contribution in [-0.4, -0.2) is 36.3 Å². The molecular weight excluding hydrogens is 334 g/mol. The molecule has 0 fully saturated rings. The van der Waals surface area contributed by atoms with E-state index in [0.29, 0.717) is 30.1 Å². The van der Waals surface area contributed by atoms with Gasteiger partial charge in [0.25, 0.3) is 0 Å². The van der Waals surface area contributed by atoms with Gasteiger partial charge < -0.3 is 14.6 Å². The van der Waals surface area contributed by atoms with Gasteiger partial charge in [-0.25, -0.2) is 0 Å². The van der Waals surface area contributed by atoms with Gasteiger partial charge in [0.15, 0.2) is 17.3 Å². The SMILES string of the molecule is CCOc1cc([C@H]2C3=C(CCCC3=O)N=C(C)[C@H]2C(=O)OC)ccc1O. The van der Waals surface area contributed by atoms with Gasteiger partial charge in [-0.3, -0.25) is 14.6 Å². The molecule has 0 spiro atoms. The number of benzene rings is 1. The van der Waals surface area contributed by atoms with Gasteiger partial charge in [-0.2, -0.15) is 0 Å². The first-order valence-corrected chi connectivity index (χ1v) is 8.82. The van der Waals surface area contributed by atoms with Crippen LogP contribution in [0.1, 0.15) is 44.6 Å². The van der Waals surface area contributed by atoms with Crippen molar-refractivity contribution in [1.82, 2.24) is 0 Å². The van der Waals surface area contributed by atoms with E-state index in [9.17, 15) is 14.7 Å². The molecule has 1 aromatic rings. The number of aromatic hydroxyl groups is 1. The van der Waals surface area contributed by atoms with Crippen LogP contribution in [0.3, 0.4) is 0 Å². The maximum absolute atomic E-state index is 12.7. The van der Waals surface area contributed by atoms with Crippen molar-refractivity contribution in [3.05, 3.63) is 35.0 Å². The van der Waals surface area contributed by atoms with Gasteiger partial charge in [0.2, 0.25) is 0 Å². The molecule has 1 aliphatic carbocycles. The summed E-state index contributed by atoms with van der Waals surface area (Å²) in [5, 5.41) is 10.0. The lowest BCUT2D eigenvalue weighted by atomic mass is 9.71. The summed E-state index contributed by atoms with van der Waals surface area (Å²) < 4.78 is 10.5. The number of carbonyl (C=O) groups excluding carboxylic acids is 2. The first-order valence-electron chi connectivity index (χ1n) is 8.82. The first kappa shape index (κ1) is 18.2. The number of nitrogens with zero attached hydrogens (tertiary/aromatic N) is 1. The summed E-state index contributed by atoms with van der Waals surface area (Å²) in [6.07, 6.45) is 1.94. The van der Waals surface area contributed by atoms with Crippen LogP contribution < -0.4 is 4.74 Å². The smallest absolute Gasteiger partial charge is 0.315 e. The van der Waals surface area contributed by atoms with E-state index in [4.69, 9.17) is 9.47 Å². The van der Waals surface area contributed by atoms with Gasteiger partial charge in [-0.1, -0.05) is 6.07 Å². The molecule has 1 N–H and O–H groups in total. The molecule has 0 bridgehead atoms. The Balaban J connectivity index is 2.17. The minimum Gasteiger partial charge on any atom is -0.504 e. The standard InChI is InChI=1S/C20H23NO5/c1-4-26-16-10-12(8-9-14(16)22)18-17(20(24)25-3)11(2)21-13-6-5-7-15(23)19(13)18/h8-10,17-18,22H,4-7H2,1-3H3/t17-,18-/m1/s1. The van der Waals surface area contributed by atoms with Crippen molar-refractivity contribution in [3.8, 4) is 11.5 Å². The number of Topliss-reactive ketones (excluding diaryl/α,β-unsaturated/α-hetero) is 1. The van der Waals surface area contributed by atoms with Crippen LogP contribution in [0.2, 0.25) is 0 Å². The third-order valence-corrected chi connectivity index (χ3v) is 4.93. The Morgan fingerprint density at radius 2 is 2.12 bits per heavy atom. The fourth-order valence-corrected chi connectivity index (χ4v) is 3.79. The van der Waals surface area contributed by atoms with Crippen molar-refractivity contribution in [1.29, 1.82) is 0 Å². The molecule has 2 aliphatic rings. The average molecular weight is 357 g/mol. The summed E-state index contributed by atoms with van der Waals surface area (Å²) in [7, 11) is 1.34. The minimum absolute atomic E-state index is 0.0208. The van der Waals surface area contributed by atoms with E-state index in [-0.39, 0.29) is 11.5 Å². The fraction of sp³-hybridized carbons (Fsp3) is 0.450. The highest BCUT2D eigenvalue weighted by molar-refractivity contribution is 6.08. The van der Waals surface area contributed by atoms with E-state index < -0.39 is 17.8 Å². The monoisotopic (exact) mass is 357 g/mol. The Labute approximate surface area is 152 Å². The molecule has 6 nitrogen and oxygen atoms in total. The quantitative estimate of drug-likeness (QED) is 0.837. The molecule has 1 heterocycles. The second-order valence-corrected chi connectivity index (χ2v) is 6.53. The Bertz CT molecular complexity index is 808. The summed E-state index contributed by atoms with van der Waals surface area (Å²) in [5.74, 6) is -1.20. The maximum atomic E-state index is 12.7. The Morgan fingerprint density at radius 3 is 2.81 bits per heavy atom. The van der Waals surface area contributed by atoms with E-state index in [2.05, 4.69) is 4.99 Å². The third-order valence-electron chi connectivity index (χ3n) is 4.93. The van der Waals surface area contributed by atoms with Crippen LogP contribution in [0.15, 0.2) is 34.5 Å². The number of rotatable bonds is 4. The number of ether oxygens (including phenoxy) is 2. The van der Waals surface area contributed by atoms with E-state index in [1.54, 1.807) is 19.1 Å². The van der Waals surface area contributed by atoms with Gasteiger partial charge >= 0.3 is 5.97 Å². The minimum atomic E-state index is -0.667. The van der Waals surface area contributed by atoms with Gasteiger partial charge in [0.05, 0.1) is 13.7 Å². The lowest BCUT2D eigenvalue weighted by molar-refractivity contribution is -0.143. The number of methoxy groups -OCH3 is 1. The highest BCUT2D eigenvalue weighted by atomic mass is 16.5. The van der Waals surface area contributed by atoms with Crippen LogP contribution in [0.5, 0.6) is 11.5 Å². The van der Waals surface area contributed by atoms with Crippen molar-refractivity contribution in [2.24, 2.45) is 10.9 Å². The third kappa shape index (κ3) is 3.11. The van der Waals surface area contributed by atoms with Crippen LogP contribution in [-0.2, 0) is 14.3 Å². The van der Waals surface area contributed by atoms with Crippen LogP contribution in [0.25, 0.3) is 0 Å². The van der Waals surface area contributed by atoms with Gasteiger partial charge in [-0.15, -0.1) is 0 Å². The van der Waals surface area contributed by atoms with E-state index in [1.165, 1.54) is 13.2 Å². The second-order valence-electron chi connectivity index (χ2n) is 6.53. The molecule has 26 heavy (non-hydrogen) atoms. The molecular formula is C20H23NO5. The molecule has 0 saturated carbocycles. The van der Waals surface area contributed by atoms with Crippen LogP contribution in [0.4, 0.5) is 0 Å². The van der Waals surface area contributed by atoms with Crippen LogP contribution in [0, 0.1) is 5.92 Å². The summed E-state index contributed by atoms with van der Waals surface area (Å²) in [5.41, 5.74) is 2.72. The highest BCUT2D eigenvalue weighted by Crippen LogP contribution is 2.45. The number of hydrogen-bond acceptors (Lipinski definition) is 6. The number of phenols is 1. The first-order chi connectivity index (χ1) is 12.5. The van der Waals surface area contributed by atoms with Crippen molar-refractivity contribution in [2.45, 2.75) is 39.0 Å². The van der Waals surface area contributed by atoms with Crippen LogP contribution >= 0.6 is 0 Å². The molecule has 0 radical (unpaired) electrons. The molecule has 0 amide bonds. The fourth-order valence-electron chi connectivity index (χ4n) is 3.79. The second kappa shape index (κ2) is 7.32. The molecule has 6 heteroatoms. The van der Waals surface area contributed by atoms with Crippen molar-refractivity contribution >= 4 is 17.5 Å². The summed E-state index contributed by atoms with van der Waals surface area (Å²) in [6, 6.07) is 4.96. The summed E-state index contributed by atoms with van der Waals surface area (Å²) in [6.45, 7) is 4.02. The average Bonchev–Trinajstić information content (AvgIpc) is 2.62. The zero-order valence-corrected chi connectivity index (χ0v) is 15.2. The topological polar surface area (TPSA) is 85.2 Å². The lowest BCUT2D eigenvalue weighted by Gasteiger charge is -2.34. The Hall–Kier alpha value is -2.63. The normalized spacial score (nSPS) is 22.6. The molecule has 138 valence electrons. The number of carbonyl (C=O) groups is 2. The number of phenolic OH excluding ortho intramolecular Hbond substituents is 1. The van der Waals surface area contributed by atoms with Crippen molar-refractivity contribution < 1.29 is 24.2 Å². The Morgan fingerprint density at radius 1 is 1.35 bits per heavy atom. The summed E-state index contributed by atoms with van der Waals surface area (Å²) >= 11 is 0. The molecule has 1 aromatic carbocycles. The van der Waals surface area contributed by atoms with Crippen molar-refractivity contribution in [2.75, 3.05) is 13.7 Å². The van der Waals surface area contributed by atoms with Crippen molar-refractivity contribution in [3.63, 3.8) is 0 Å². The van der Waals surface area contributed by atoms with Gasteiger partial charge in [0, 0.05) is 29.3 Å². The molecule has 0 saturated heterocycles. The van der Waals surface area contributed by atoms with E-state index in [0.717, 1.165) is 24.1 Å². The number of hydrogen-bond donors (Lipinski definition) is 1. The van der Waals surface area contributed by atoms with Gasteiger partial charge in [-0.05, 0) is 44.4 Å². The maximum Gasteiger partial charge on any atom is 0.315 e. The molecule has 3 rings (SSSR count). The predicted octanol–water partition coefficient (Wildman–Crippen LogP) is 3.15. The van der Waals surface area contributed by atoms with Gasteiger partial charge in [0.1, 0.15) is 5.92 Å². The largest absolute Gasteiger partial charge is 0.504 e. The van der Waals surface area contributed by atoms with E-state index >= 15 is 0 Å². The number of aliphatic imine (C=N–C) groups is 1. The molecule has 1 aliphatic heterocycles. The predicted molar refractivity (Wildman–Crippen MR) is 96.5 cm³/mol. The molecule has 0 aromatic heterocycles. The zero-order chi connectivity index (χ0) is 18.8. The number of esters is 1. The molecule has 0 unspecified atom stereocenters. The zero-order valence-electron chi connectivity index (χ0n) is 15.2.